The van der Waals surface area contributed by atoms with Gasteiger partial charge in [-0.1, -0.05) is 12.1 Å². The summed E-state index contributed by atoms with van der Waals surface area (Å²) in [5.41, 5.74) is 1.10. The van der Waals surface area contributed by atoms with E-state index in [1.54, 1.807) is 6.08 Å². The quantitative estimate of drug-likeness (QED) is 0.790. The third-order valence-corrected chi connectivity index (χ3v) is 3.87. The highest BCUT2D eigenvalue weighted by molar-refractivity contribution is 5.81. The smallest absolute Gasteiger partial charge is 0.237 e. The standard InChI is InChI=1S/C16H24N4O/c1-3-7-18-16(21)14(2)20-11-9-19(10-12-20)13-15-6-4-5-8-17-15/h3-6,8,14H,1,7,9-13H2,2H3,(H,18,21). The van der Waals surface area contributed by atoms with E-state index in [9.17, 15) is 4.79 Å². The lowest BCUT2D eigenvalue weighted by atomic mass is 10.2. The van der Waals surface area contributed by atoms with Crippen molar-refractivity contribution in [2.75, 3.05) is 32.7 Å². The zero-order chi connectivity index (χ0) is 15.1. The first-order chi connectivity index (χ1) is 10.2. The number of amides is 1. The highest BCUT2D eigenvalue weighted by Gasteiger charge is 2.25. The molecule has 114 valence electrons. The SMILES string of the molecule is C=CCNC(=O)C(C)N1CCN(Cc2ccccn2)CC1. The van der Waals surface area contributed by atoms with Crippen molar-refractivity contribution in [3.05, 3.63) is 42.7 Å². The molecule has 0 radical (unpaired) electrons. The summed E-state index contributed by atoms with van der Waals surface area (Å²) < 4.78 is 0. The van der Waals surface area contributed by atoms with Crippen LogP contribution >= 0.6 is 0 Å². The van der Waals surface area contributed by atoms with Crippen LogP contribution in [0.3, 0.4) is 0 Å². The molecule has 1 fully saturated rings. The minimum absolute atomic E-state index is 0.0769. The first-order valence-corrected chi connectivity index (χ1v) is 7.45. The van der Waals surface area contributed by atoms with E-state index in [4.69, 9.17) is 0 Å². The molecule has 1 N–H and O–H groups in total. The Morgan fingerprint density at radius 2 is 2.19 bits per heavy atom. The van der Waals surface area contributed by atoms with Gasteiger partial charge in [-0.15, -0.1) is 6.58 Å². The summed E-state index contributed by atoms with van der Waals surface area (Å²) in [4.78, 5) is 20.9. The molecule has 0 bridgehead atoms. The Balaban J connectivity index is 1.77. The maximum absolute atomic E-state index is 11.9. The molecule has 0 aromatic carbocycles. The number of rotatable bonds is 6. The Morgan fingerprint density at radius 3 is 2.81 bits per heavy atom. The van der Waals surface area contributed by atoms with E-state index in [2.05, 4.69) is 32.7 Å². The van der Waals surface area contributed by atoms with Gasteiger partial charge in [0.05, 0.1) is 11.7 Å². The first kappa shape index (κ1) is 15.7. The molecule has 1 aliphatic heterocycles. The fourth-order valence-corrected chi connectivity index (χ4v) is 2.52. The zero-order valence-corrected chi connectivity index (χ0v) is 12.7. The molecule has 1 aliphatic rings. The van der Waals surface area contributed by atoms with Gasteiger partial charge in [0.2, 0.25) is 5.91 Å². The lowest BCUT2D eigenvalue weighted by molar-refractivity contribution is -0.126. The third kappa shape index (κ3) is 4.65. The van der Waals surface area contributed by atoms with Gasteiger partial charge in [-0.25, -0.2) is 0 Å². The van der Waals surface area contributed by atoms with Crippen molar-refractivity contribution in [3.8, 4) is 0 Å². The Hall–Kier alpha value is -1.72. The molecule has 1 saturated heterocycles. The van der Waals surface area contributed by atoms with Gasteiger partial charge in [0.25, 0.3) is 0 Å². The largest absolute Gasteiger partial charge is 0.351 e. The van der Waals surface area contributed by atoms with Gasteiger partial charge in [-0.2, -0.15) is 0 Å². The summed E-state index contributed by atoms with van der Waals surface area (Å²) in [7, 11) is 0. The molecule has 1 unspecified atom stereocenters. The highest BCUT2D eigenvalue weighted by atomic mass is 16.2. The van der Waals surface area contributed by atoms with Crippen molar-refractivity contribution in [2.45, 2.75) is 19.5 Å². The lowest BCUT2D eigenvalue weighted by Gasteiger charge is -2.37. The minimum Gasteiger partial charge on any atom is -0.351 e. The Bertz CT molecular complexity index is 455. The molecule has 21 heavy (non-hydrogen) atoms. The summed E-state index contributed by atoms with van der Waals surface area (Å²) in [5, 5.41) is 2.86. The van der Waals surface area contributed by atoms with E-state index in [0.29, 0.717) is 6.54 Å². The van der Waals surface area contributed by atoms with Crippen LogP contribution in [-0.2, 0) is 11.3 Å². The van der Waals surface area contributed by atoms with Crippen molar-refractivity contribution < 1.29 is 4.79 Å². The monoisotopic (exact) mass is 288 g/mol. The van der Waals surface area contributed by atoms with E-state index < -0.39 is 0 Å². The molecule has 1 aromatic rings. The van der Waals surface area contributed by atoms with Crippen LogP contribution in [0.4, 0.5) is 0 Å². The number of carbonyl (C=O) groups is 1. The van der Waals surface area contributed by atoms with E-state index in [-0.39, 0.29) is 11.9 Å². The maximum atomic E-state index is 11.9. The zero-order valence-electron chi connectivity index (χ0n) is 12.7. The molecule has 2 heterocycles. The second kappa shape index (κ2) is 7.90. The van der Waals surface area contributed by atoms with E-state index in [0.717, 1.165) is 38.4 Å². The predicted octanol–water partition coefficient (Wildman–Crippen LogP) is 0.890. The number of hydrogen-bond donors (Lipinski definition) is 1. The van der Waals surface area contributed by atoms with Gasteiger partial charge in [-0.3, -0.25) is 19.6 Å². The van der Waals surface area contributed by atoms with Crippen LogP contribution in [0.2, 0.25) is 0 Å². The second-order valence-corrected chi connectivity index (χ2v) is 5.34. The summed E-state index contributed by atoms with van der Waals surface area (Å²) in [5.74, 6) is 0.0769. The van der Waals surface area contributed by atoms with Crippen LogP contribution < -0.4 is 5.32 Å². The average Bonchev–Trinajstić information content (AvgIpc) is 2.53. The first-order valence-electron chi connectivity index (χ1n) is 7.45. The molecule has 5 heteroatoms. The summed E-state index contributed by atoms with van der Waals surface area (Å²) >= 11 is 0. The number of nitrogens with one attached hydrogen (secondary N) is 1. The molecule has 2 rings (SSSR count). The van der Waals surface area contributed by atoms with Crippen LogP contribution in [0.25, 0.3) is 0 Å². The highest BCUT2D eigenvalue weighted by Crippen LogP contribution is 2.09. The average molecular weight is 288 g/mol. The molecule has 5 nitrogen and oxygen atoms in total. The topological polar surface area (TPSA) is 48.5 Å². The molecule has 0 saturated carbocycles. The molecule has 0 aliphatic carbocycles. The van der Waals surface area contributed by atoms with Crippen molar-refractivity contribution in [3.63, 3.8) is 0 Å². The van der Waals surface area contributed by atoms with Gasteiger partial charge in [-0.05, 0) is 19.1 Å². The fourth-order valence-electron chi connectivity index (χ4n) is 2.52. The lowest BCUT2D eigenvalue weighted by Crippen LogP contribution is -2.53. The number of piperazine rings is 1. The molecule has 1 amide bonds. The van der Waals surface area contributed by atoms with Crippen molar-refractivity contribution in [1.82, 2.24) is 20.1 Å². The fraction of sp³-hybridized carbons (Fsp3) is 0.500. The van der Waals surface area contributed by atoms with Crippen molar-refractivity contribution >= 4 is 5.91 Å². The second-order valence-electron chi connectivity index (χ2n) is 5.34. The van der Waals surface area contributed by atoms with Crippen LogP contribution in [0.15, 0.2) is 37.1 Å². The number of nitrogens with zero attached hydrogens (tertiary/aromatic N) is 3. The Kier molecular flexibility index (Phi) is 5.90. The number of hydrogen-bond acceptors (Lipinski definition) is 4. The number of pyridine rings is 1. The van der Waals surface area contributed by atoms with Gasteiger partial charge >= 0.3 is 0 Å². The Labute approximate surface area is 126 Å². The van der Waals surface area contributed by atoms with Crippen molar-refractivity contribution in [2.24, 2.45) is 0 Å². The molecule has 1 atom stereocenters. The summed E-state index contributed by atoms with van der Waals surface area (Å²) in [6.07, 6.45) is 3.53. The van der Waals surface area contributed by atoms with Gasteiger partial charge in [0.1, 0.15) is 0 Å². The van der Waals surface area contributed by atoms with Gasteiger partial charge in [0, 0.05) is 45.5 Å². The predicted molar refractivity (Wildman–Crippen MR) is 83.8 cm³/mol. The molecule has 1 aromatic heterocycles. The minimum atomic E-state index is -0.0815. The maximum Gasteiger partial charge on any atom is 0.237 e. The van der Waals surface area contributed by atoms with Crippen LogP contribution in [0.5, 0.6) is 0 Å². The molecular formula is C16H24N4O. The normalized spacial score (nSPS) is 18.1. The van der Waals surface area contributed by atoms with Crippen LogP contribution in [0.1, 0.15) is 12.6 Å². The third-order valence-electron chi connectivity index (χ3n) is 3.87. The Morgan fingerprint density at radius 1 is 1.43 bits per heavy atom. The van der Waals surface area contributed by atoms with E-state index in [1.807, 2.05) is 25.3 Å². The van der Waals surface area contributed by atoms with Crippen LogP contribution in [0, 0.1) is 0 Å². The van der Waals surface area contributed by atoms with Crippen molar-refractivity contribution in [1.29, 1.82) is 0 Å². The van der Waals surface area contributed by atoms with E-state index in [1.165, 1.54) is 0 Å². The van der Waals surface area contributed by atoms with Gasteiger partial charge < -0.3 is 5.32 Å². The van der Waals surface area contributed by atoms with Gasteiger partial charge in [0.15, 0.2) is 0 Å². The summed E-state index contributed by atoms with van der Waals surface area (Å²) in [6.45, 7) is 10.7. The van der Waals surface area contributed by atoms with E-state index >= 15 is 0 Å². The number of aromatic nitrogens is 1. The molecule has 0 spiro atoms. The van der Waals surface area contributed by atoms with Crippen LogP contribution in [-0.4, -0.2) is 59.5 Å². The number of carbonyl (C=O) groups excluding carboxylic acids is 1. The summed E-state index contributed by atoms with van der Waals surface area (Å²) in [6, 6.07) is 5.93. The molecular weight excluding hydrogens is 264 g/mol.